The maximum atomic E-state index is 13.2. The van der Waals surface area contributed by atoms with Gasteiger partial charge in [-0.1, -0.05) is 23.7 Å². The van der Waals surface area contributed by atoms with Crippen LogP contribution in [0, 0.1) is 13.8 Å². The van der Waals surface area contributed by atoms with Gasteiger partial charge in [-0.05, 0) is 49.2 Å². The van der Waals surface area contributed by atoms with E-state index in [0.717, 1.165) is 22.2 Å². The van der Waals surface area contributed by atoms with Crippen LogP contribution in [0.4, 0.5) is 24.5 Å². The van der Waals surface area contributed by atoms with Crippen molar-refractivity contribution in [1.82, 2.24) is 0 Å². The molecule has 28 heavy (non-hydrogen) atoms. The van der Waals surface area contributed by atoms with Gasteiger partial charge in [-0.25, -0.2) is 8.42 Å². The van der Waals surface area contributed by atoms with E-state index in [1.165, 1.54) is 6.07 Å². The number of anilines is 2. The highest BCUT2D eigenvalue weighted by molar-refractivity contribution is 7.92. The second-order valence-electron chi connectivity index (χ2n) is 6.30. The molecule has 1 N–H and O–H groups in total. The van der Waals surface area contributed by atoms with E-state index in [4.69, 9.17) is 11.6 Å². The molecule has 0 heterocycles. The lowest BCUT2D eigenvalue weighted by Gasteiger charge is -2.24. The number of rotatable bonds is 5. The Morgan fingerprint density at radius 2 is 1.79 bits per heavy atom. The molecular formula is C18H18ClF3N2O3S. The van der Waals surface area contributed by atoms with Crippen molar-refractivity contribution in [2.24, 2.45) is 0 Å². The molecule has 0 aromatic heterocycles. The van der Waals surface area contributed by atoms with E-state index < -0.39 is 39.9 Å². The third-order valence-corrected chi connectivity index (χ3v) is 5.24. The molecule has 0 saturated heterocycles. The average molecular weight is 435 g/mol. The third kappa shape index (κ3) is 5.39. The van der Waals surface area contributed by atoms with Gasteiger partial charge in [0.15, 0.2) is 0 Å². The molecule has 0 bridgehead atoms. The van der Waals surface area contributed by atoms with Crippen LogP contribution >= 0.6 is 11.6 Å². The SMILES string of the molecule is Cc1ccc(C)c(N(CC(=O)Nc2ccc(Cl)cc2C(F)(F)F)S(C)(=O)=O)c1. The highest BCUT2D eigenvalue weighted by Gasteiger charge is 2.34. The summed E-state index contributed by atoms with van der Waals surface area (Å²) in [6.07, 6.45) is -3.82. The second-order valence-corrected chi connectivity index (χ2v) is 8.64. The van der Waals surface area contributed by atoms with Gasteiger partial charge < -0.3 is 5.32 Å². The molecular weight excluding hydrogens is 417 g/mol. The lowest BCUT2D eigenvalue weighted by Crippen LogP contribution is -2.38. The quantitative estimate of drug-likeness (QED) is 0.759. The first kappa shape index (κ1) is 22.0. The number of carbonyl (C=O) groups excluding carboxylic acids is 1. The number of hydrogen-bond donors (Lipinski definition) is 1. The maximum absolute atomic E-state index is 13.2. The van der Waals surface area contributed by atoms with Crippen LogP contribution in [0.2, 0.25) is 5.02 Å². The van der Waals surface area contributed by atoms with Crippen molar-refractivity contribution in [3.05, 3.63) is 58.1 Å². The van der Waals surface area contributed by atoms with E-state index in [1.807, 2.05) is 0 Å². The number of halogens is 4. The van der Waals surface area contributed by atoms with Crippen molar-refractivity contribution >= 4 is 38.9 Å². The average Bonchev–Trinajstić information content (AvgIpc) is 2.55. The molecule has 0 aliphatic carbocycles. The largest absolute Gasteiger partial charge is 0.418 e. The van der Waals surface area contributed by atoms with Crippen LogP contribution in [-0.2, 0) is 21.0 Å². The van der Waals surface area contributed by atoms with E-state index in [0.29, 0.717) is 11.6 Å². The van der Waals surface area contributed by atoms with Gasteiger partial charge in [0.2, 0.25) is 15.9 Å². The molecule has 0 aliphatic heterocycles. The molecule has 2 rings (SSSR count). The predicted octanol–water partition coefficient (Wildman–Crippen LogP) is 4.38. The van der Waals surface area contributed by atoms with Crippen molar-refractivity contribution in [1.29, 1.82) is 0 Å². The van der Waals surface area contributed by atoms with Gasteiger partial charge in [0.25, 0.3) is 0 Å². The number of hydrogen-bond acceptors (Lipinski definition) is 3. The fourth-order valence-corrected chi connectivity index (χ4v) is 3.63. The molecule has 0 radical (unpaired) electrons. The molecule has 152 valence electrons. The zero-order chi connectivity index (χ0) is 21.3. The fraction of sp³-hybridized carbons (Fsp3) is 0.278. The predicted molar refractivity (Wildman–Crippen MR) is 103 cm³/mol. The summed E-state index contributed by atoms with van der Waals surface area (Å²) in [6.45, 7) is 2.75. The lowest BCUT2D eigenvalue weighted by atomic mass is 10.1. The molecule has 0 aliphatic rings. The van der Waals surface area contributed by atoms with Gasteiger partial charge in [-0.15, -0.1) is 0 Å². The normalized spacial score (nSPS) is 12.0. The fourth-order valence-electron chi connectivity index (χ4n) is 2.55. The minimum atomic E-state index is -4.74. The number of amides is 1. The van der Waals surface area contributed by atoms with Crippen LogP contribution in [0.5, 0.6) is 0 Å². The Hall–Kier alpha value is -2.26. The standard InChI is InChI=1S/C18H18ClF3N2O3S/c1-11-4-5-12(2)16(8-11)24(28(3,26)27)10-17(25)23-15-7-6-13(19)9-14(15)18(20,21)22/h4-9H,10H2,1-3H3,(H,23,25). The van der Waals surface area contributed by atoms with Crippen LogP contribution in [0.1, 0.15) is 16.7 Å². The summed E-state index contributed by atoms with van der Waals surface area (Å²) in [7, 11) is -3.86. The number of sulfonamides is 1. The molecule has 2 aromatic rings. The Balaban J connectivity index is 2.36. The van der Waals surface area contributed by atoms with Gasteiger partial charge >= 0.3 is 6.18 Å². The first-order valence-corrected chi connectivity index (χ1v) is 10.2. The summed E-state index contributed by atoms with van der Waals surface area (Å²) in [4.78, 5) is 12.4. The first-order valence-electron chi connectivity index (χ1n) is 8.00. The molecule has 0 spiro atoms. The Bertz CT molecular complexity index is 1010. The Labute approximate surface area is 166 Å². The summed E-state index contributed by atoms with van der Waals surface area (Å²) in [5.74, 6) is -0.917. The van der Waals surface area contributed by atoms with E-state index in [9.17, 15) is 26.4 Å². The molecule has 1 amide bonds. The van der Waals surface area contributed by atoms with Crippen LogP contribution in [0.3, 0.4) is 0 Å². The van der Waals surface area contributed by atoms with E-state index >= 15 is 0 Å². The monoisotopic (exact) mass is 434 g/mol. The molecule has 2 aromatic carbocycles. The van der Waals surface area contributed by atoms with Crippen molar-refractivity contribution in [3.63, 3.8) is 0 Å². The topological polar surface area (TPSA) is 66.5 Å². The Morgan fingerprint density at radius 3 is 2.36 bits per heavy atom. The van der Waals surface area contributed by atoms with Gasteiger partial charge in [-0.3, -0.25) is 9.10 Å². The molecule has 0 fully saturated rings. The minimum Gasteiger partial charge on any atom is -0.324 e. The summed E-state index contributed by atoms with van der Waals surface area (Å²) >= 11 is 5.62. The van der Waals surface area contributed by atoms with Crippen LogP contribution in [0.25, 0.3) is 0 Å². The van der Waals surface area contributed by atoms with E-state index in [2.05, 4.69) is 5.32 Å². The summed E-state index contributed by atoms with van der Waals surface area (Å²) in [5.41, 5.74) is 0.0325. The van der Waals surface area contributed by atoms with Crippen molar-refractivity contribution < 1.29 is 26.4 Å². The molecule has 0 unspecified atom stereocenters. The number of nitrogens with zero attached hydrogens (tertiary/aromatic N) is 1. The number of nitrogens with one attached hydrogen (secondary N) is 1. The number of alkyl halides is 3. The summed E-state index contributed by atoms with van der Waals surface area (Å²) in [5, 5.41) is 1.99. The van der Waals surface area contributed by atoms with Crippen LogP contribution < -0.4 is 9.62 Å². The lowest BCUT2D eigenvalue weighted by molar-refractivity contribution is -0.137. The highest BCUT2D eigenvalue weighted by atomic mass is 35.5. The van der Waals surface area contributed by atoms with Crippen molar-refractivity contribution in [3.8, 4) is 0 Å². The summed E-state index contributed by atoms with van der Waals surface area (Å²) in [6, 6.07) is 7.98. The third-order valence-electron chi connectivity index (χ3n) is 3.88. The Kier molecular flexibility index (Phi) is 6.30. The Morgan fingerprint density at radius 1 is 1.14 bits per heavy atom. The highest BCUT2D eigenvalue weighted by Crippen LogP contribution is 2.36. The second kappa shape index (κ2) is 8.00. The minimum absolute atomic E-state index is 0.140. The number of benzene rings is 2. The molecule has 5 nitrogen and oxygen atoms in total. The van der Waals surface area contributed by atoms with Gasteiger partial charge in [0, 0.05) is 5.02 Å². The zero-order valence-electron chi connectivity index (χ0n) is 15.3. The van der Waals surface area contributed by atoms with Crippen LogP contribution in [0.15, 0.2) is 36.4 Å². The van der Waals surface area contributed by atoms with Gasteiger partial charge in [0.05, 0.1) is 23.2 Å². The van der Waals surface area contributed by atoms with Crippen molar-refractivity contribution in [2.75, 3.05) is 22.4 Å². The number of aryl methyl sites for hydroxylation is 2. The maximum Gasteiger partial charge on any atom is 0.418 e. The molecule has 10 heteroatoms. The van der Waals surface area contributed by atoms with E-state index in [1.54, 1.807) is 32.0 Å². The smallest absolute Gasteiger partial charge is 0.324 e. The summed E-state index contributed by atoms with van der Waals surface area (Å²) < 4.78 is 64.8. The van der Waals surface area contributed by atoms with Crippen molar-refractivity contribution in [2.45, 2.75) is 20.0 Å². The molecule has 0 saturated carbocycles. The number of carbonyl (C=O) groups is 1. The zero-order valence-corrected chi connectivity index (χ0v) is 16.8. The first-order chi connectivity index (χ1) is 12.8. The van der Waals surface area contributed by atoms with Gasteiger partial charge in [0.1, 0.15) is 6.54 Å². The van der Waals surface area contributed by atoms with E-state index in [-0.39, 0.29) is 10.7 Å². The molecule has 0 atom stereocenters. The van der Waals surface area contributed by atoms with Crippen LogP contribution in [-0.4, -0.2) is 27.1 Å². The van der Waals surface area contributed by atoms with Gasteiger partial charge in [-0.2, -0.15) is 13.2 Å².